The molecular formula is C17H26. The summed E-state index contributed by atoms with van der Waals surface area (Å²) < 4.78 is 0. The van der Waals surface area contributed by atoms with Gasteiger partial charge in [0, 0.05) is 0 Å². The minimum Gasteiger partial charge on any atom is -0.0877 e. The van der Waals surface area contributed by atoms with Crippen molar-refractivity contribution in [3.05, 3.63) is 59.3 Å². The van der Waals surface area contributed by atoms with Gasteiger partial charge in [0.1, 0.15) is 0 Å². The molecule has 0 saturated carbocycles. The molecule has 0 rings (SSSR count). The Kier molecular flexibility index (Phi) is 9.14. The standard InChI is InChI=1S/C17H26/c1-6-7-11-16(4)13-9-14-17(5)12-8-10-15(2)3/h6-8,10-12,14H,9,13H2,1-5H3. The molecule has 94 valence electrons. The van der Waals surface area contributed by atoms with Crippen LogP contribution in [0.3, 0.4) is 0 Å². The van der Waals surface area contributed by atoms with Crippen molar-refractivity contribution in [2.75, 3.05) is 0 Å². The summed E-state index contributed by atoms with van der Waals surface area (Å²) in [4.78, 5) is 0. The van der Waals surface area contributed by atoms with E-state index in [4.69, 9.17) is 0 Å². The summed E-state index contributed by atoms with van der Waals surface area (Å²) in [6.45, 7) is 10.6. The lowest BCUT2D eigenvalue weighted by Gasteiger charge is -1.97. The molecule has 0 aliphatic heterocycles. The van der Waals surface area contributed by atoms with Gasteiger partial charge in [-0.25, -0.2) is 0 Å². The maximum atomic E-state index is 2.29. The van der Waals surface area contributed by atoms with E-state index in [0.717, 1.165) is 12.8 Å². The van der Waals surface area contributed by atoms with Gasteiger partial charge in [0.2, 0.25) is 0 Å². The molecule has 0 spiro atoms. The van der Waals surface area contributed by atoms with E-state index in [1.165, 1.54) is 16.7 Å². The van der Waals surface area contributed by atoms with Crippen molar-refractivity contribution in [1.29, 1.82) is 0 Å². The van der Waals surface area contributed by atoms with E-state index in [-0.39, 0.29) is 0 Å². The fraction of sp³-hybridized carbons (Fsp3) is 0.412. The van der Waals surface area contributed by atoms with Crippen LogP contribution in [0.2, 0.25) is 0 Å². The van der Waals surface area contributed by atoms with E-state index in [1.807, 2.05) is 6.92 Å². The van der Waals surface area contributed by atoms with Crippen molar-refractivity contribution in [1.82, 2.24) is 0 Å². The molecule has 0 unspecified atom stereocenters. The summed E-state index contributed by atoms with van der Waals surface area (Å²) in [6.07, 6.45) is 17.3. The fourth-order valence-corrected chi connectivity index (χ4v) is 1.33. The van der Waals surface area contributed by atoms with Crippen molar-refractivity contribution < 1.29 is 0 Å². The van der Waals surface area contributed by atoms with Crippen LogP contribution in [-0.4, -0.2) is 0 Å². The third-order valence-corrected chi connectivity index (χ3v) is 2.37. The molecule has 0 radical (unpaired) electrons. The predicted octanol–water partition coefficient (Wildman–Crippen LogP) is 5.76. The first-order valence-corrected chi connectivity index (χ1v) is 6.33. The molecule has 0 saturated heterocycles. The lowest BCUT2D eigenvalue weighted by atomic mass is 10.1. The zero-order chi connectivity index (χ0) is 13.1. The van der Waals surface area contributed by atoms with Gasteiger partial charge in [0.15, 0.2) is 0 Å². The van der Waals surface area contributed by atoms with Crippen LogP contribution in [-0.2, 0) is 0 Å². The summed E-state index contributed by atoms with van der Waals surface area (Å²) in [5.74, 6) is 0. The SMILES string of the molecule is CC=CC=C(C)CCC=C(C)C=CC=C(C)C. The minimum absolute atomic E-state index is 1.12. The van der Waals surface area contributed by atoms with Crippen LogP contribution < -0.4 is 0 Å². The van der Waals surface area contributed by atoms with Crippen LogP contribution in [0, 0.1) is 0 Å². The van der Waals surface area contributed by atoms with Crippen molar-refractivity contribution >= 4 is 0 Å². The van der Waals surface area contributed by atoms with Crippen molar-refractivity contribution in [3.63, 3.8) is 0 Å². The number of allylic oxidation sites excluding steroid dienone is 10. The Bertz CT molecular complexity index is 342. The largest absolute Gasteiger partial charge is 0.0877 e. The lowest BCUT2D eigenvalue weighted by Crippen LogP contribution is -1.76. The molecule has 0 heteroatoms. The van der Waals surface area contributed by atoms with Gasteiger partial charge in [-0.05, 0) is 47.5 Å². The zero-order valence-corrected chi connectivity index (χ0v) is 12.0. The zero-order valence-electron chi connectivity index (χ0n) is 12.0. The van der Waals surface area contributed by atoms with Crippen molar-refractivity contribution in [2.45, 2.75) is 47.5 Å². The fourth-order valence-electron chi connectivity index (χ4n) is 1.33. The Morgan fingerprint density at radius 3 is 2.24 bits per heavy atom. The highest BCUT2D eigenvalue weighted by Gasteiger charge is 1.87. The normalized spacial score (nSPS) is 13.7. The topological polar surface area (TPSA) is 0 Å². The van der Waals surface area contributed by atoms with Crippen LogP contribution in [0.5, 0.6) is 0 Å². The molecule has 0 aromatic heterocycles. The van der Waals surface area contributed by atoms with E-state index in [0.29, 0.717) is 0 Å². The highest BCUT2D eigenvalue weighted by Crippen LogP contribution is 2.07. The molecule has 0 fully saturated rings. The van der Waals surface area contributed by atoms with Crippen LogP contribution in [0.4, 0.5) is 0 Å². The summed E-state index contributed by atoms with van der Waals surface area (Å²) in [6, 6.07) is 0. The molecule has 0 bridgehead atoms. The second-order valence-corrected chi connectivity index (χ2v) is 4.63. The van der Waals surface area contributed by atoms with Gasteiger partial charge in [-0.2, -0.15) is 0 Å². The first kappa shape index (κ1) is 15.7. The Morgan fingerprint density at radius 2 is 1.65 bits per heavy atom. The average Bonchev–Trinajstić information content (AvgIpc) is 2.25. The summed E-state index contributed by atoms with van der Waals surface area (Å²) in [5, 5.41) is 0. The maximum absolute atomic E-state index is 2.29. The quantitative estimate of drug-likeness (QED) is 0.509. The van der Waals surface area contributed by atoms with Crippen molar-refractivity contribution in [3.8, 4) is 0 Å². The highest BCUT2D eigenvalue weighted by molar-refractivity contribution is 5.22. The molecule has 0 heterocycles. The molecule has 0 aromatic rings. The second-order valence-electron chi connectivity index (χ2n) is 4.63. The van der Waals surface area contributed by atoms with E-state index in [2.05, 4.69) is 70.2 Å². The summed E-state index contributed by atoms with van der Waals surface area (Å²) in [5.41, 5.74) is 4.10. The summed E-state index contributed by atoms with van der Waals surface area (Å²) in [7, 11) is 0. The van der Waals surface area contributed by atoms with E-state index < -0.39 is 0 Å². The average molecular weight is 230 g/mol. The second kappa shape index (κ2) is 9.89. The molecule has 0 N–H and O–H groups in total. The molecule has 17 heavy (non-hydrogen) atoms. The van der Waals surface area contributed by atoms with Crippen LogP contribution >= 0.6 is 0 Å². The molecule has 0 aliphatic carbocycles. The Morgan fingerprint density at radius 1 is 0.941 bits per heavy atom. The van der Waals surface area contributed by atoms with Crippen LogP contribution in [0.1, 0.15) is 47.5 Å². The molecular weight excluding hydrogens is 204 g/mol. The van der Waals surface area contributed by atoms with Gasteiger partial charge in [-0.1, -0.05) is 59.3 Å². The monoisotopic (exact) mass is 230 g/mol. The molecule has 0 aliphatic rings. The number of hydrogen-bond acceptors (Lipinski definition) is 0. The minimum atomic E-state index is 1.12. The van der Waals surface area contributed by atoms with E-state index in [1.54, 1.807) is 0 Å². The van der Waals surface area contributed by atoms with Gasteiger partial charge in [-0.3, -0.25) is 0 Å². The van der Waals surface area contributed by atoms with Gasteiger partial charge >= 0.3 is 0 Å². The highest BCUT2D eigenvalue weighted by atomic mass is 13.9. The molecule has 0 atom stereocenters. The first-order valence-electron chi connectivity index (χ1n) is 6.33. The van der Waals surface area contributed by atoms with Crippen molar-refractivity contribution in [2.24, 2.45) is 0 Å². The predicted molar refractivity (Wildman–Crippen MR) is 80.1 cm³/mol. The maximum Gasteiger partial charge on any atom is -0.0285 e. The lowest BCUT2D eigenvalue weighted by molar-refractivity contribution is 0.971. The van der Waals surface area contributed by atoms with Gasteiger partial charge in [-0.15, -0.1) is 0 Å². The van der Waals surface area contributed by atoms with E-state index >= 15 is 0 Å². The van der Waals surface area contributed by atoms with Crippen LogP contribution in [0.25, 0.3) is 0 Å². The molecule has 0 nitrogen and oxygen atoms in total. The summed E-state index contributed by atoms with van der Waals surface area (Å²) >= 11 is 0. The Labute approximate surface area is 107 Å². The van der Waals surface area contributed by atoms with Gasteiger partial charge < -0.3 is 0 Å². The third kappa shape index (κ3) is 11.0. The number of hydrogen-bond donors (Lipinski definition) is 0. The Balaban J connectivity index is 4.08. The number of rotatable bonds is 6. The third-order valence-electron chi connectivity index (χ3n) is 2.37. The molecule has 0 aromatic carbocycles. The Hall–Kier alpha value is -1.30. The van der Waals surface area contributed by atoms with Crippen LogP contribution in [0.15, 0.2) is 59.3 Å². The van der Waals surface area contributed by atoms with E-state index in [9.17, 15) is 0 Å². The van der Waals surface area contributed by atoms with Gasteiger partial charge in [0.05, 0.1) is 0 Å². The first-order chi connectivity index (χ1) is 8.06. The smallest absolute Gasteiger partial charge is 0.0285 e. The molecule has 0 amide bonds. The van der Waals surface area contributed by atoms with Gasteiger partial charge in [0.25, 0.3) is 0 Å².